The second-order valence-corrected chi connectivity index (χ2v) is 6.66. The first-order valence-electron chi connectivity index (χ1n) is 8.47. The van der Waals surface area contributed by atoms with Crippen molar-refractivity contribution < 1.29 is 23.0 Å². The number of thiazole rings is 1. The monoisotopic (exact) mass is 404 g/mol. The van der Waals surface area contributed by atoms with Gasteiger partial charge in [-0.25, -0.2) is 13.8 Å². The molecule has 0 fully saturated rings. The van der Waals surface area contributed by atoms with Crippen LogP contribution in [0.3, 0.4) is 0 Å². The minimum Gasteiger partial charge on any atom is -0.489 e. The van der Waals surface area contributed by atoms with Gasteiger partial charge in [-0.2, -0.15) is 0 Å². The molecular formula is C20H18F2N2O3S. The van der Waals surface area contributed by atoms with E-state index in [2.05, 4.69) is 10.3 Å². The summed E-state index contributed by atoms with van der Waals surface area (Å²) in [6, 6.07) is 10.6. The van der Waals surface area contributed by atoms with E-state index in [1.54, 1.807) is 36.8 Å². The average molecular weight is 404 g/mol. The molecule has 0 radical (unpaired) electrons. The molecule has 2 aromatic carbocycles. The average Bonchev–Trinajstić information content (AvgIpc) is 3.18. The van der Waals surface area contributed by atoms with E-state index in [9.17, 15) is 13.6 Å². The van der Waals surface area contributed by atoms with Crippen LogP contribution in [0.15, 0.2) is 47.8 Å². The molecule has 0 unspecified atom stereocenters. The van der Waals surface area contributed by atoms with Gasteiger partial charge < -0.3 is 14.8 Å². The number of amides is 1. The van der Waals surface area contributed by atoms with Crippen LogP contribution in [0, 0.1) is 11.6 Å². The van der Waals surface area contributed by atoms with E-state index < -0.39 is 11.6 Å². The molecule has 3 aromatic rings. The fourth-order valence-electron chi connectivity index (χ4n) is 2.39. The Labute approximate surface area is 164 Å². The van der Waals surface area contributed by atoms with E-state index in [1.165, 1.54) is 29.5 Å². The number of carbonyl (C=O) groups excluding carboxylic acids is 1. The fraction of sp³-hybridized carbons (Fsp3) is 0.200. The van der Waals surface area contributed by atoms with Gasteiger partial charge in [0.1, 0.15) is 34.7 Å². The molecule has 0 bridgehead atoms. The smallest absolute Gasteiger partial charge is 0.270 e. The number of hydrogen-bond donors (Lipinski definition) is 1. The molecule has 0 atom stereocenters. The number of nitrogens with one attached hydrogen (secondary N) is 1. The van der Waals surface area contributed by atoms with E-state index in [1.807, 2.05) is 0 Å². The number of halogens is 2. The summed E-state index contributed by atoms with van der Waals surface area (Å²) in [7, 11) is 1.56. The van der Waals surface area contributed by atoms with E-state index in [0.29, 0.717) is 29.6 Å². The van der Waals surface area contributed by atoms with Gasteiger partial charge in [0.05, 0.1) is 12.2 Å². The van der Waals surface area contributed by atoms with Gasteiger partial charge in [0.15, 0.2) is 0 Å². The molecule has 3 rings (SSSR count). The van der Waals surface area contributed by atoms with Crippen LogP contribution >= 0.6 is 11.3 Å². The molecule has 8 heteroatoms. The van der Waals surface area contributed by atoms with Gasteiger partial charge in [-0.05, 0) is 36.4 Å². The lowest BCUT2D eigenvalue weighted by Gasteiger charge is -2.08. The fourth-order valence-corrected chi connectivity index (χ4v) is 3.19. The number of nitrogens with zero attached hydrogens (tertiary/aromatic N) is 1. The summed E-state index contributed by atoms with van der Waals surface area (Å²) in [6.45, 7) is 0.638. The molecule has 0 aliphatic rings. The predicted octanol–water partition coefficient (Wildman–Crippen LogP) is 4.04. The molecular weight excluding hydrogens is 386 g/mol. The highest BCUT2D eigenvalue weighted by Gasteiger charge is 2.12. The predicted molar refractivity (Wildman–Crippen MR) is 102 cm³/mol. The second-order valence-electron chi connectivity index (χ2n) is 5.80. The number of hydrogen-bond acceptors (Lipinski definition) is 5. The Hall–Kier alpha value is -2.84. The number of carbonyl (C=O) groups is 1. The second kappa shape index (κ2) is 9.38. The first-order valence-corrected chi connectivity index (χ1v) is 9.35. The first kappa shape index (κ1) is 19.9. The Balaban J connectivity index is 1.62. The molecule has 0 spiro atoms. The van der Waals surface area contributed by atoms with Crippen molar-refractivity contribution in [1.82, 2.24) is 10.3 Å². The molecule has 28 heavy (non-hydrogen) atoms. The Bertz CT molecular complexity index is 925. The van der Waals surface area contributed by atoms with E-state index in [-0.39, 0.29) is 18.1 Å². The van der Waals surface area contributed by atoms with Crippen molar-refractivity contribution >= 4 is 17.2 Å². The summed E-state index contributed by atoms with van der Waals surface area (Å²) in [5.41, 5.74) is 1.03. The van der Waals surface area contributed by atoms with Crippen LogP contribution in [-0.4, -0.2) is 31.2 Å². The minimum atomic E-state index is -0.643. The molecule has 1 heterocycles. The summed E-state index contributed by atoms with van der Waals surface area (Å²) in [6.07, 6.45) is 0. The highest BCUT2D eigenvalue weighted by Crippen LogP contribution is 2.26. The zero-order valence-corrected chi connectivity index (χ0v) is 15.9. The van der Waals surface area contributed by atoms with Gasteiger partial charge in [-0.3, -0.25) is 4.79 Å². The van der Waals surface area contributed by atoms with Crippen LogP contribution in [-0.2, 0) is 11.3 Å². The van der Waals surface area contributed by atoms with Gasteiger partial charge >= 0.3 is 0 Å². The summed E-state index contributed by atoms with van der Waals surface area (Å²) in [4.78, 5) is 16.3. The van der Waals surface area contributed by atoms with Crippen molar-refractivity contribution in [3.05, 3.63) is 70.7 Å². The molecule has 0 aliphatic heterocycles. The molecule has 0 aliphatic carbocycles. The largest absolute Gasteiger partial charge is 0.489 e. The zero-order chi connectivity index (χ0) is 19.9. The Morgan fingerprint density at radius 1 is 1.14 bits per heavy atom. The maximum Gasteiger partial charge on any atom is 0.270 e. The third-order valence-corrected chi connectivity index (χ3v) is 4.77. The molecule has 1 N–H and O–H groups in total. The highest BCUT2D eigenvalue weighted by atomic mass is 32.1. The first-order chi connectivity index (χ1) is 13.6. The molecule has 5 nitrogen and oxygen atoms in total. The van der Waals surface area contributed by atoms with Crippen molar-refractivity contribution in [2.75, 3.05) is 20.3 Å². The van der Waals surface area contributed by atoms with Gasteiger partial charge in [-0.1, -0.05) is 6.07 Å². The summed E-state index contributed by atoms with van der Waals surface area (Å²) in [5.74, 6) is -1.07. The summed E-state index contributed by atoms with van der Waals surface area (Å²) >= 11 is 1.35. The number of methoxy groups -OCH3 is 1. The van der Waals surface area contributed by atoms with Crippen molar-refractivity contribution in [2.24, 2.45) is 0 Å². The quantitative estimate of drug-likeness (QED) is 0.576. The third kappa shape index (κ3) is 4.90. The summed E-state index contributed by atoms with van der Waals surface area (Å²) < 4.78 is 37.6. The lowest BCUT2D eigenvalue weighted by atomic mass is 10.2. The van der Waals surface area contributed by atoms with Crippen LogP contribution in [0.1, 0.15) is 16.1 Å². The van der Waals surface area contributed by atoms with Crippen molar-refractivity contribution in [3.63, 3.8) is 0 Å². The normalized spacial score (nSPS) is 10.7. The maximum absolute atomic E-state index is 13.6. The van der Waals surface area contributed by atoms with Crippen LogP contribution in [0.2, 0.25) is 0 Å². The van der Waals surface area contributed by atoms with Crippen molar-refractivity contribution in [2.45, 2.75) is 6.61 Å². The zero-order valence-electron chi connectivity index (χ0n) is 15.1. The highest BCUT2D eigenvalue weighted by molar-refractivity contribution is 7.13. The summed E-state index contributed by atoms with van der Waals surface area (Å²) in [5, 5.41) is 5.08. The van der Waals surface area contributed by atoms with Crippen LogP contribution in [0.5, 0.6) is 5.75 Å². The topological polar surface area (TPSA) is 60.5 Å². The van der Waals surface area contributed by atoms with E-state index in [0.717, 1.165) is 5.56 Å². The van der Waals surface area contributed by atoms with Gasteiger partial charge in [0, 0.05) is 24.6 Å². The van der Waals surface area contributed by atoms with Crippen LogP contribution in [0.25, 0.3) is 10.6 Å². The van der Waals surface area contributed by atoms with Crippen molar-refractivity contribution in [1.29, 1.82) is 0 Å². The van der Waals surface area contributed by atoms with Crippen LogP contribution < -0.4 is 10.1 Å². The molecule has 146 valence electrons. The van der Waals surface area contributed by atoms with Gasteiger partial charge in [0.25, 0.3) is 5.91 Å². The SMILES string of the molecule is COCCNC(=O)c1csc(-c2ccc(OCc3c(F)cccc3F)cc2)n1. The lowest BCUT2D eigenvalue weighted by molar-refractivity contribution is 0.0933. The Morgan fingerprint density at radius 2 is 1.86 bits per heavy atom. The third-order valence-electron chi connectivity index (χ3n) is 3.87. The molecule has 1 aromatic heterocycles. The Morgan fingerprint density at radius 3 is 2.54 bits per heavy atom. The lowest BCUT2D eigenvalue weighted by Crippen LogP contribution is -2.27. The van der Waals surface area contributed by atoms with Gasteiger partial charge in [0.2, 0.25) is 0 Å². The molecule has 1 amide bonds. The molecule has 0 saturated carbocycles. The maximum atomic E-state index is 13.6. The number of benzene rings is 2. The number of aromatic nitrogens is 1. The molecule has 0 saturated heterocycles. The number of ether oxygens (including phenoxy) is 2. The van der Waals surface area contributed by atoms with E-state index >= 15 is 0 Å². The van der Waals surface area contributed by atoms with Crippen molar-refractivity contribution in [3.8, 4) is 16.3 Å². The van der Waals surface area contributed by atoms with Crippen LogP contribution in [0.4, 0.5) is 8.78 Å². The van der Waals surface area contributed by atoms with E-state index in [4.69, 9.17) is 9.47 Å². The Kier molecular flexibility index (Phi) is 6.67. The standard InChI is InChI=1S/C20H18F2N2O3S/c1-26-10-9-23-19(25)18-12-28-20(24-18)13-5-7-14(8-6-13)27-11-15-16(21)3-2-4-17(15)22/h2-8,12H,9-11H2,1H3,(H,23,25). The minimum absolute atomic E-state index is 0.115. The van der Waals surface area contributed by atoms with Gasteiger partial charge in [-0.15, -0.1) is 11.3 Å². The number of rotatable bonds is 8.